The normalized spacial score (nSPS) is 10.3. The van der Waals surface area contributed by atoms with Crippen molar-refractivity contribution in [2.45, 2.75) is 46.5 Å². The Morgan fingerprint density at radius 3 is 1.94 bits per heavy atom. The fourth-order valence-electron chi connectivity index (χ4n) is 0.525. The Hall–Kier alpha value is -0.380. The van der Waals surface area contributed by atoms with Crippen LogP contribution in [0.4, 0.5) is 0 Å². The predicted octanol–water partition coefficient (Wildman–Crippen LogP) is 2.31. The van der Waals surface area contributed by atoms with Gasteiger partial charge in [0.2, 0.25) is 0 Å². The van der Waals surface area contributed by atoms with Crippen LogP contribution >= 0.6 is 7.60 Å². The number of ether oxygens (including phenoxy) is 1. The minimum Gasteiger partial charge on any atom is -0.466 e. The monoisotopic (exact) mass is 254 g/mol. The smallest absolute Gasteiger partial charge is 0.326 e. The topological polar surface area (TPSA) is 83.8 Å². The molecule has 0 fully saturated rings. The predicted molar refractivity (Wildman–Crippen MR) is 63.4 cm³/mol. The van der Waals surface area contributed by atoms with Crippen LogP contribution in [0.25, 0.3) is 0 Å². The van der Waals surface area contributed by atoms with Gasteiger partial charge in [-0.2, -0.15) is 0 Å². The van der Waals surface area contributed by atoms with E-state index in [0.717, 1.165) is 0 Å². The summed E-state index contributed by atoms with van der Waals surface area (Å²) in [6, 6.07) is 0. The molecule has 0 rings (SSSR count). The third-order valence-electron chi connectivity index (χ3n) is 1.57. The van der Waals surface area contributed by atoms with Gasteiger partial charge in [-0.1, -0.05) is 33.6 Å². The Morgan fingerprint density at radius 1 is 1.12 bits per heavy atom. The maximum Gasteiger partial charge on any atom is 0.326 e. The molecule has 2 N–H and O–H groups in total. The maximum atomic E-state index is 10.7. The van der Waals surface area contributed by atoms with Crippen LogP contribution in [0.1, 0.15) is 46.5 Å². The molecule has 0 saturated heterocycles. The molecular weight excluding hydrogens is 231 g/mol. The molecular formula is C10H23O5P. The Bertz CT molecular complexity index is 209. The summed E-state index contributed by atoms with van der Waals surface area (Å²) in [4.78, 5) is 27.5. The second kappa shape index (κ2) is 11.1. The van der Waals surface area contributed by atoms with Gasteiger partial charge in [-0.15, -0.1) is 0 Å². The van der Waals surface area contributed by atoms with Crippen molar-refractivity contribution in [3.63, 3.8) is 0 Å². The summed E-state index contributed by atoms with van der Waals surface area (Å²) < 4.78 is 14.9. The Balaban J connectivity index is 0. The third-order valence-corrected chi connectivity index (χ3v) is 2.38. The third kappa shape index (κ3) is 19.2. The van der Waals surface area contributed by atoms with Crippen LogP contribution in [-0.2, 0) is 14.1 Å². The molecule has 6 heteroatoms. The number of hydrogen-bond donors (Lipinski definition) is 2. The zero-order valence-electron chi connectivity index (χ0n) is 10.3. The van der Waals surface area contributed by atoms with E-state index < -0.39 is 19.7 Å². The van der Waals surface area contributed by atoms with Crippen LogP contribution in [0.3, 0.4) is 0 Å². The lowest BCUT2D eigenvalue weighted by atomic mass is 10.4. The van der Waals surface area contributed by atoms with E-state index in [1.54, 1.807) is 0 Å². The molecule has 98 valence electrons. The molecule has 0 aliphatic rings. The van der Waals surface area contributed by atoms with Gasteiger partial charge in [-0.3, -0.25) is 9.36 Å². The van der Waals surface area contributed by atoms with Crippen molar-refractivity contribution >= 4 is 13.6 Å². The highest BCUT2D eigenvalue weighted by molar-refractivity contribution is 7.51. The minimum atomic E-state index is -4.05. The van der Waals surface area contributed by atoms with Crippen LogP contribution in [0.5, 0.6) is 0 Å². The van der Waals surface area contributed by atoms with Crippen LogP contribution in [0, 0.1) is 0 Å². The van der Waals surface area contributed by atoms with Crippen molar-refractivity contribution in [2.75, 3.05) is 12.8 Å². The fraction of sp³-hybridized carbons (Fsp3) is 0.900. The van der Waals surface area contributed by atoms with Crippen molar-refractivity contribution in [3.8, 4) is 0 Å². The molecule has 16 heavy (non-hydrogen) atoms. The standard InChI is InChI=1S/C6H13O5P.C4H10/c1-2-4-11-6(7)3-5-12(8,9)10;1-3-4-2/h2-5H2,1H3,(H2,8,9,10);3-4H2,1-2H3. The second-order valence-corrected chi connectivity index (χ2v) is 5.14. The summed E-state index contributed by atoms with van der Waals surface area (Å²) in [5.41, 5.74) is 0. The van der Waals surface area contributed by atoms with Gasteiger partial charge in [0.1, 0.15) is 0 Å². The summed E-state index contributed by atoms with van der Waals surface area (Å²) in [6.45, 7) is 6.51. The molecule has 0 heterocycles. The minimum absolute atomic E-state index is 0.218. The maximum absolute atomic E-state index is 10.7. The highest BCUT2D eigenvalue weighted by Gasteiger charge is 2.15. The van der Waals surface area contributed by atoms with Crippen molar-refractivity contribution in [3.05, 3.63) is 0 Å². The van der Waals surface area contributed by atoms with Gasteiger partial charge in [-0.25, -0.2) is 0 Å². The van der Waals surface area contributed by atoms with Crippen LogP contribution in [0.2, 0.25) is 0 Å². The molecule has 0 radical (unpaired) electrons. The van der Waals surface area contributed by atoms with E-state index in [4.69, 9.17) is 9.79 Å². The van der Waals surface area contributed by atoms with Crippen LogP contribution in [0.15, 0.2) is 0 Å². The first-order chi connectivity index (χ1) is 7.37. The van der Waals surface area contributed by atoms with Gasteiger partial charge in [0.25, 0.3) is 0 Å². The Kier molecular flexibility index (Phi) is 12.5. The molecule has 0 unspecified atom stereocenters. The van der Waals surface area contributed by atoms with Gasteiger partial charge in [0.05, 0.1) is 19.2 Å². The molecule has 0 aromatic rings. The summed E-state index contributed by atoms with van der Waals surface area (Å²) in [5, 5.41) is 0. The van der Waals surface area contributed by atoms with Crippen molar-refractivity contribution in [1.29, 1.82) is 0 Å². The summed E-state index contributed by atoms with van der Waals surface area (Å²) in [6.07, 6.45) is 2.70. The van der Waals surface area contributed by atoms with Gasteiger partial charge in [0, 0.05) is 0 Å². The zero-order valence-corrected chi connectivity index (χ0v) is 11.2. The summed E-state index contributed by atoms with van der Waals surface area (Å²) in [7, 11) is -4.05. The van der Waals surface area contributed by atoms with E-state index in [2.05, 4.69) is 18.6 Å². The molecule has 0 amide bonds. The molecule has 0 saturated carbocycles. The van der Waals surface area contributed by atoms with Gasteiger partial charge in [-0.05, 0) is 6.42 Å². The van der Waals surface area contributed by atoms with E-state index >= 15 is 0 Å². The summed E-state index contributed by atoms with van der Waals surface area (Å²) in [5.74, 6) is -0.555. The number of unbranched alkanes of at least 4 members (excludes halogenated alkanes) is 1. The molecule has 0 aliphatic carbocycles. The number of carbonyl (C=O) groups excluding carboxylic acids is 1. The number of esters is 1. The van der Waals surface area contributed by atoms with Crippen molar-refractivity contribution in [1.82, 2.24) is 0 Å². The lowest BCUT2D eigenvalue weighted by Gasteiger charge is -2.03. The average molecular weight is 254 g/mol. The first kappa shape index (κ1) is 18.0. The first-order valence-corrected chi connectivity index (χ1v) is 7.37. The molecule has 0 spiro atoms. The molecule has 0 aromatic heterocycles. The van der Waals surface area contributed by atoms with Crippen molar-refractivity contribution in [2.24, 2.45) is 0 Å². The van der Waals surface area contributed by atoms with Crippen LogP contribution < -0.4 is 0 Å². The molecule has 0 aliphatic heterocycles. The quantitative estimate of drug-likeness (QED) is 0.561. The van der Waals surface area contributed by atoms with Gasteiger partial charge in [0.15, 0.2) is 0 Å². The van der Waals surface area contributed by atoms with E-state index in [-0.39, 0.29) is 6.42 Å². The second-order valence-electron chi connectivity index (χ2n) is 3.36. The molecule has 0 atom stereocenters. The highest BCUT2D eigenvalue weighted by Crippen LogP contribution is 2.34. The number of carbonyl (C=O) groups is 1. The first-order valence-electron chi connectivity index (χ1n) is 5.57. The van der Waals surface area contributed by atoms with Gasteiger partial charge < -0.3 is 14.5 Å². The zero-order chi connectivity index (χ0) is 13.0. The van der Waals surface area contributed by atoms with E-state index in [9.17, 15) is 9.36 Å². The Labute approximate surface area is 97.4 Å². The number of rotatable bonds is 6. The van der Waals surface area contributed by atoms with E-state index in [0.29, 0.717) is 13.0 Å². The van der Waals surface area contributed by atoms with E-state index in [1.807, 2.05) is 6.92 Å². The van der Waals surface area contributed by atoms with Gasteiger partial charge >= 0.3 is 13.6 Å². The summed E-state index contributed by atoms with van der Waals surface area (Å²) >= 11 is 0. The SMILES string of the molecule is CCCC.CCCOC(=O)CCP(=O)(O)O. The molecule has 0 bridgehead atoms. The van der Waals surface area contributed by atoms with E-state index in [1.165, 1.54) is 12.8 Å². The van der Waals surface area contributed by atoms with Crippen molar-refractivity contribution < 1.29 is 23.9 Å². The Morgan fingerprint density at radius 2 is 1.62 bits per heavy atom. The molecule has 0 aromatic carbocycles. The lowest BCUT2D eigenvalue weighted by molar-refractivity contribution is -0.143. The largest absolute Gasteiger partial charge is 0.466 e. The number of hydrogen-bond acceptors (Lipinski definition) is 3. The lowest BCUT2D eigenvalue weighted by Crippen LogP contribution is -2.07. The fourth-order valence-corrected chi connectivity index (χ4v) is 0.999. The highest BCUT2D eigenvalue weighted by atomic mass is 31.2. The van der Waals surface area contributed by atoms with Crippen LogP contribution in [-0.4, -0.2) is 28.5 Å². The average Bonchev–Trinajstić information content (AvgIpc) is 2.23. The molecule has 5 nitrogen and oxygen atoms in total.